The van der Waals surface area contributed by atoms with E-state index < -0.39 is 0 Å². The van der Waals surface area contributed by atoms with E-state index in [0.717, 1.165) is 34.5 Å². The summed E-state index contributed by atoms with van der Waals surface area (Å²) in [5.74, 6) is 0.798. The highest BCUT2D eigenvalue weighted by Gasteiger charge is 2.05. The lowest BCUT2D eigenvalue weighted by atomic mass is 10.2. The van der Waals surface area contributed by atoms with Gasteiger partial charge in [0.25, 0.3) is 0 Å². The van der Waals surface area contributed by atoms with Crippen LogP contribution in [-0.4, -0.2) is 9.55 Å². The van der Waals surface area contributed by atoms with Crippen molar-refractivity contribution in [3.05, 3.63) is 53.3 Å². The second-order valence-corrected chi connectivity index (χ2v) is 4.64. The number of rotatable bonds is 4. The third kappa shape index (κ3) is 2.74. The number of aryl methyl sites for hydroxylation is 2. The van der Waals surface area contributed by atoms with Gasteiger partial charge in [0.1, 0.15) is 0 Å². The summed E-state index contributed by atoms with van der Waals surface area (Å²) in [6.45, 7) is 8.41. The Morgan fingerprint density at radius 2 is 2.22 bits per heavy atom. The fraction of sp³-hybridized carbons (Fsp3) is 0.214. The molecule has 0 atom stereocenters. The number of anilines is 2. The number of benzene rings is 1. The first-order chi connectivity index (χ1) is 8.60. The van der Waals surface area contributed by atoms with E-state index in [4.69, 9.17) is 11.6 Å². The van der Waals surface area contributed by atoms with Gasteiger partial charge in [-0.2, -0.15) is 0 Å². The van der Waals surface area contributed by atoms with E-state index in [1.807, 2.05) is 48.9 Å². The van der Waals surface area contributed by atoms with Gasteiger partial charge in [0, 0.05) is 23.5 Å². The van der Waals surface area contributed by atoms with Gasteiger partial charge in [0.05, 0.1) is 5.69 Å². The molecule has 0 aliphatic heterocycles. The van der Waals surface area contributed by atoms with E-state index in [2.05, 4.69) is 16.9 Å². The van der Waals surface area contributed by atoms with Gasteiger partial charge >= 0.3 is 0 Å². The summed E-state index contributed by atoms with van der Waals surface area (Å²) in [6.07, 6.45) is 3.83. The zero-order valence-corrected chi connectivity index (χ0v) is 11.3. The first-order valence-corrected chi connectivity index (χ1v) is 6.16. The molecule has 94 valence electrons. The molecule has 1 heterocycles. The largest absolute Gasteiger partial charge is 0.326 e. The normalized spacial score (nSPS) is 10.4. The van der Waals surface area contributed by atoms with Crippen LogP contribution in [0.3, 0.4) is 0 Å². The third-order valence-electron chi connectivity index (χ3n) is 2.65. The summed E-state index contributed by atoms with van der Waals surface area (Å²) < 4.78 is 2.01. The third-order valence-corrected chi connectivity index (χ3v) is 3.06. The quantitative estimate of drug-likeness (QED) is 0.841. The van der Waals surface area contributed by atoms with Crippen molar-refractivity contribution in [1.82, 2.24) is 9.55 Å². The van der Waals surface area contributed by atoms with Crippen LogP contribution in [0.5, 0.6) is 0 Å². The molecule has 1 N–H and O–H groups in total. The second-order valence-electron chi connectivity index (χ2n) is 4.24. The first kappa shape index (κ1) is 12.7. The monoisotopic (exact) mass is 261 g/mol. The van der Waals surface area contributed by atoms with Crippen molar-refractivity contribution < 1.29 is 0 Å². The van der Waals surface area contributed by atoms with Gasteiger partial charge in [-0.15, -0.1) is 6.58 Å². The molecule has 1 aromatic carbocycles. The number of allylic oxidation sites excluding steroid dienone is 1. The predicted octanol–water partition coefficient (Wildman–Crippen LogP) is 4.08. The van der Waals surface area contributed by atoms with Crippen LogP contribution in [0, 0.1) is 13.8 Å². The Balaban J connectivity index is 2.27. The minimum atomic E-state index is 0.725. The molecule has 1 aromatic heterocycles. The summed E-state index contributed by atoms with van der Waals surface area (Å²) in [5.41, 5.74) is 2.96. The molecule has 0 radical (unpaired) electrons. The molecule has 2 rings (SSSR count). The van der Waals surface area contributed by atoms with Gasteiger partial charge in [0.2, 0.25) is 5.95 Å². The molecule has 0 spiro atoms. The van der Waals surface area contributed by atoms with Crippen LogP contribution in [0.1, 0.15) is 11.3 Å². The lowest BCUT2D eigenvalue weighted by molar-refractivity contribution is 0.832. The fourth-order valence-electron chi connectivity index (χ4n) is 1.72. The molecule has 2 aromatic rings. The van der Waals surface area contributed by atoms with Gasteiger partial charge in [-0.3, -0.25) is 0 Å². The maximum Gasteiger partial charge on any atom is 0.207 e. The molecule has 0 fully saturated rings. The highest BCUT2D eigenvalue weighted by molar-refractivity contribution is 6.31. The molecule has 3 nitrogen and oxygen atoms in total. The highest BCUT2D eigenvalue weighted by atomic mass is 35.5. The SMILES string of the molecule is C=CCn1cc(C)nc1Nc1ccc(C)c(Cl)c1. The van der Waals surface area contributed by atoms with Crippen LogP contribution < -0.4 is 5.32 Å². The molecule has 4 heteroatoms. The van der Waals surface area contributed by atoms with E-state index in [1.54, 1.807) is 0 Å². The number of nitrogens with one attached hydrogen (secondary N) is 1. The Hall–Kier alpha value is -1.74. The maximum atomic E-state index is 6.10. The second kappa shape index (κ2) is 5.27. The Morgan fingerprint density at radius 1 is 1.44 bits per heavy atom. The smallest absolute Gasteiger partial charge is 0.207 e. The van der Waals surface area contributed by atoms with Gasteiger partial charge < -0.3 is 9.88 Å². The lowest BCUT2D eigenvalue weighted by Gasteiger charge is -2.09. The fourth-order valence-corrected chi connectivity index (χ4v) is 1.91. The molecule has 0 amide bonds. The summed E-state index contributed by atoms with van der Waals surface area (Å²) in [7, 11) is 0. The van der Waals surface area contributed by atoms with Crippen molar-refractivity contribution in [2.24, 2.45) is 0 Å². The van der Waals surface area contributed by atoms with Gasteiger partial charge in [-0.1, -0.05) is 23.7 Å². The van der Waals surface area contributed by atoms with E-state index >= 15 is 0 Å². The van der Waals surface area contributed by atoms with Crippen LogP contribution in [0.15, 0.2) is 37.1 Å². The number of hydrogen-bond acceptors (Lipinski definition) is 2. The molecule has 0 aliphatic rings. The molecule has 0 unspecified atom stereocenters. The van der Waals surface area contributed by atoms with Crippen LogP contribution in [0.25, 0.3) is 0 Å². The van der Waals surface area contributed by atoms with Crippen molar-refractivity contribution >= 4 is 23.2 Å². The maximum absolute atomic E-state index is 6.10. The Bertz CT molecular complexity index is 572. The van der Waals surface area contributed by atoms with Crippen molar-refractivity contribution in [2.45, 2.75) is 20.4 Å². The van der Waals surface area contributed by atoms with E-state index in [1.165, 1.54) is 0 Å². The summed E-state index contributed by atoms with van der Waals surface area (Å²) in [5, 5.41) is 4.01. The summed E-state index contributed by atoms with van der Waals surface area (Å²) in [6, 6.07) is 5.88. The molecule has 0 saturated carbocycles. The van der Waals surface area contributed by atoms with Crippen LogP contribution in [0.4, 0.5) is 11.6 Å². The average molecular weight is 262 g/mol. The zero-order valence-electron chi connectivity index (χ0n) is 10.6. The van der Waals surface area contributed by atoms with Crippen molar-refractivity contribution in [3.8, 4) is 0 Å². The molecule has 0 bridgehead atoms. The van der Waals surface area contributed by atoms with Crippen LogP contribution in [-0.2, 0) is 6.54 Å². The molecule has 18 heavy (non-hydrogen) atoms. The van der Waals surface area contributed by atoms with E-state index in [9.17, 15) is 0 Å². The average Bonchev–Trinajstić information content (AvgIpc) is 2.65. The number of hydrogen-bond donors (Lipinski definition) is 1. The van der Waals surface area contributed by atoms with Crippen molar-refractivity contribution in [3.63, 3.8) is 0 Å². The van der Waals surface area contributed by atoms with Crippen molar-refractivity contribution in [2.75, 3.05) is 5.32 Å². The number of nitrogens with zero attached hydrogens (tertiary/aromatic N) is 2. The molecule has 0 saturated heterocycles. The molecular weight excluding hydrogens is 246 g/mol. The number of aromatic nitrogens is 2. The Kier molecular flexibility index (Phi) is 3.72. The first-order valence-electron chi connectivity index (χ1n) is 5.78. The van der Waals surface area contributed by atoms with Gasteiger partial charge in [0.15, 0.2) is 0 Å². The predicted molar refractivity (Wildman–Crippen MR) is 76.6 cm³/mol. The van der Waals surface area contributed by atoms with E-state index in [-0.39, 0.29) is 0 Å². The standard InChI is InChI=1S/C14H16ClN3/c1-4-7-18-9-11(3)16-14(18)17-12-6-5-10(2)13(15)8-12/h4-6,8-9H,1,7H2,2-3H3,(H,16,17). The Labute approximate surface area is 112 Å². The lowest BCUT2D eigenvalue weighted by Crippen LogP contribution is -2.01. The summed E-state index contributed by atoms with van der Waals surface area (Å²) >= 11 is 6.10. The zero-order chi connectivity index (χ0) is 13.1. The minimum Gasteiger partial charge on any atom is -0.326 e. The van der Waals surface area contributed by atoms with Gasteiger partial charge in [-0.25, -0.2) is 4.98 Å². The summed E-state index contributed by atoms with van der Waals surface area (Å²) in [4.78, 5) is 4.44. The molecule has 0 aliphatic carbocycles. The number of halogens is 1. The highest BCUT2D eigenvalue weighted by Crippen LogP contribution is 2.23. The van der Waals surface area contributed by atoms with E-state index in [0.29, 0.717) is 0 Å². The molecular formula is C14H16ClN3. The number of imidazole rings is 1. The van der Waals surface area contributed by atoms with Crippen molar-refractivity contribution in [1.29, 1.82) is 0 Å². The van der Waals surface area contributed by atoms with Gasteiger partial charge in [-0.05, 0) is 31.5 Å². The van der Waals surface area contributed by atoms with Crippen LogP contribution >= 0.6 is 11.6 Å². The topological polar surface area (TPSA) is 29.9 Å². The van der Waals surface area contributed by atoms with Crippen LogP contribution in [0.2, 0.25) is 5.02 Å². The minimum absolute atomic E-state index is 0.725. The Morgan fingerprint density at radius 3 is 2.89 bits per heavy atom.